The number of rotatable bonds is 3. The fourth-order valence-electron chi connectivity index (χ4n) is 3.14. The molecule has 2 saturated heterocycles. The Balaban J connectivity index is 1.86. The standard InChI is InChI=1S/C14H25N3O3/c1-10-6-16(7-11(2)20-10)9-13(18)17-5-3-4-12(8-17)14(15)19/h10-12H,3-9H2,1-2H3,(H2,15,19)/t10-,11+,12-/m0/s1. The zero-order valence-corrected chi connectivity index (χ0v) is 12.4. The van der Waals surface area contributed by atoms with Gasteiger partial charge in [-0.15, -0.1) is 0 Å². The number of primary amides is 1. The van der Waals surface area contributed by atoms with Gasteiger partial charge in [0.25, 0.3) is 0 Å². The Hall–Kier alpha value is -1.14. The first-order chi connectivity index (χ1) is 9.45. The van der Waals surface area contributed by atoms with Gasteiger partial charge in [-0.1, -0.05) is 0 Å². The van der Waals surface area contributed by atoms with E-state index in [-0.39, 0.29) is 29.9 Å². The van der Waals surface area contributed by atoms with Crippen LogP contribution in [0.3, 0.4) is 0 Å². The molecule has 6 heteroatoms. The third-order valence-corrected chi connectivity index (χ3v) is 4.03. The second-order valence-corrected chi connectivity index (χ2v) is 6.03. The Labute approximate surface area is 120 Å². The molecule has 2 aliphatic heterocycles. The average molecular weight is 283 g/mol. The minimum Gasteiger partial charge on any atom is -0.373 e. The molecule has 0 aromatic heterocycles. The van der Waals surface area contributed by atoms with E-state index in [1.807, 2.05) is 13.8 Å². The quantitative estimate of drug-likeness (QED) is 0.779. The van der Waals surface area contributed by atoms with Crippen LogP contribution in [0.5, 0.6) is 0 Å². The largest absolute Gasteiger partial charge is 0.373 e. The molecule has 6 nitrogen and oxygen atoms in total. The molecule has 2 amide bonds. The van der Waals surface area contributed by atoms with Crippen molar-refractivity contribution in [3.63, 3.8) is 0 Å². The van der Waals surface area contributed by atoms with Crippen molar-refractivity contribution in [1.82, 2.24) is 9.80 Å². The highest BCUT2D eigenvalue weighted by Crippen LogP contribution is 2.17. The van der Waals surface area contributed by atoms with Crippen LogP contribution in [0.15, 0.2) is 0 Å². The Kier molecular flexibility index (Phi) is 4.99. The molecule has 0 radical (unpaired) electrons. The molecule has 0 bridgehead atoms. The number of likely N-dealkylation sites (tertiary alicyclic amines) is 1. The number of nitrogens with zero attached hydrogens (tertiary/aromatic N) is 2. The molecule has 2 N–H and O–H groups in total. The first-order valence-electron chi connectivity index (χ1n) is 7.40. The third-order valence-electron chi connectivity index (χ3n) is 4.03. The van der Waals surface area contributed by atoms with Gasteiger partial charge in [0.05, 0.1) is 24.7 Å². The van der Waals surface area contributed by atoms with Crippen molar-refractivity contribution in [1.29, 1.82) is 0 Å². The molecular formula is C14H25N3O3. The summed E-state index contributed by atoms with van der Waals surface area (Å²) < 4.78 is 5.66. The van der Waals surface area contributed by atoms with Crippen molar-refractivity contribution in [2.45, 2.75) is 38.9 Å². The maximum absolute atomic E-state index is 12.3. The normalized spacial score (nSPS) is 32.1. The lowest BCUT2D eigenvalue weighted by molar-refractivity contribution is -0.138. The van der Waals surface area contributed by atoms with Crippen LogP contribution in [0, 0.1) is 5.92 Å². The monoisotopic (exact) mass is 283 g/mol. The predicted octanol–water partition coefficient (Wildman–Crippen LogP) is -0.180. The Morgan fingerprint density at radius 2 is 1.85 bits per heavy atom. The van der Waals surface area contributed by atoms with Crippen LogP contribution in [0.1, 0.15) is 26.7 Å². The summed E-state index contributed by atoms with van der Waals surface area (Å²) in [6, 6.07) is 0. The number of morpholine rings is 1. The van der Waals surface area contributed by atoms with Gasteiger partial charge in [-0.05, 0) is 26.7 Å². The molecule has 0 aromatic rings. The van der Waals surface area contributed by atoms with E-state index >= 15 is 0 Å². The van der Waals surface area contributed by atoms with E-state index in [9.17, 15) is 9.59 Å². The lowest BCUT2D eigenvalue weighted by atomic mass is 9.97. The number of carbonyl (C=O) groups is 2. The number of nitrogens with two attached hydrogens (primary N) is 1. The van der Waals surface area contributed by atoms with Crippen LogP contribution >= 0.6 is 0 Å². The fourth-order valence-corrected chi connectivity index (χ4v) is 3.14. The lowest BCUT2D eigenvalue weighted by Crippen LogP contribution is -2.52. The number of hydrogen-bond acceptors (Lipinski definition) is 4. The minimum atomic E-state index is -0.295. The van der Waals surface area contributed by atoms with Gasteiger partial charge >= 0.3 is 0 Å². The van der Waals surface area contributed by atoms with Gasteiger partial charge in [0.15, 0.2) is 0 Å². The molecular weight excluding hydrogens is 258 g/mol. The highest BCUT2D eigenvalue weighted by molar-refractivity contribution is 5.81. The van der Waals surface area contributed by atoms with Crippen molar-refractivity contribution >= 4 is 11.8 Å². The first kappa shape index (κ1) is 15.3. The summed E-state index contributed by atoms with van der Waals surface area (Å²) >= 11 is 0. The van der Waals surface area contributed by atoms with E-state index in [1.54, 1.807) is 4.90 Å². The van der Waals surface area contributed by atoms with Crippen LogP contribution in [0.2, 0.25) is 0 Å². The van der Waals surface area contributed by atoms with Crippen LogP contribution in [0.25, 0.3) is 0 Å². The molecule has 0 spiro atoms. The molecule has 3 atom stereocenters. The average Bonchev–Trinajstić information content (AvgIpc) is 2.37. The van der Waals surface area contributed by atoms with Crippen molar-refractivity contribution in [2.75, 3.05) is 32.7 Å². The molecule has 0 unspecified atom stereocenters. The minimum absolute atomic E-state index is 0.0947. The van der Waals surface area contributed by atoms with Gasteiger partial charge in [-0.3, -0.25) is 14.5 Å². The summed E-state index contributed by atoms with van der Waals surface area (Å²) in [5.41, 5.74) is 5.35. The third kappa shape index (κ3) is 3.93. The highest BCUT2D eigenvalue weighted by atomic mass is 16.5. The maximum atomic E-state index is 12.3. The van der Waals surface area contributed by atoms with Crippen LogP contribution < -0.4 is 5.73 Å². The molecule has 114 valence electrons. The van der Waals surface area contributed by atoms with Gasteiger partial charge in [-0.25, -0.2) is 0 Å². The summed E-state index contributed by atoms with van der Waals surface area (Å²) in [4.78, 5) is 27.5. The van der Waals surface area contributed by atoms with E-state index in [0.717, 1.165) is 32.5 Å². The maximum Gasteiger partial charge on any atom is 0.236 e. The molecule has 0 aliphatic carbocycles. The number of hydrogen-bond donors (Lipinski definition) is 1. The number of amides is 2. The van der Waals surface area contributed by atoms with Crippen LogP contribution in [0.4, 0.5) is 0 Å². The van der Waals surface area contributed by atoms with Crippen molar-refractivity contribution in [2.24, 2.45) is 11.7 Å². The van der Waals surface area contributed by atoms with Crippen LogP contribution in [-0.2, 0) is 14.3 Å². The Morgan fingerprint density at radius 1 is 1.20 bits per heavy atom. The smallest absolute Gasteiger partial charge is 0.236 e. The fraction of sp³-hybridized carbons (Fsp3) is 0.857. The molecule has 2 rings (SSSR count). The number of piperidine rings is 1. The van der Waals surface area contributed by atoms with E-state index in [0.29, 0.717) is 13.1 Å². The Bertz CT molecular complexity index is 365. The summed E-state index contributed by atoms with van der Waals surface area (Å²) in [5.74, 6) is -0.386. The Morgan fingerprint density at radius 3 is 2.45 bits per heavy atom. The van der Waals surface area contributed by atoms with Crippen LogP contribution in [-0.4, -0.2) is 66.5 Å². The van der Waals surface area contributed by atoms with Crippen molar-refractivity contribution in [3.05, 3.63) is 0 Å². The van der Waals surface area contributed by atoms with Gasteiger partial charge in [0, 0.05) is 26.2 Å². The lowest BCUT2D eigenvalue weighted by Gasteiger charge is -2.37. The van der Waals surface area contributed by atoms with Crippen molar-refractivity contribution < 1.29 is 14.3 Å². The predicted molar refractivity (Wildman–Crippen MR) is 74.9 cm³/mol. The zero-order chi connectivity index (χ0) is 14.7. The van der Waals surface area contributed by atoms with Gasteiger partial charge in [0.1, 0.15) is 0 Å². The van der Waals surface area contributed by atoms with Gasteiger partial charge in [-0.2, -0.15) is 0 Å². The molecule has 0 aromatic carbocycles. The van der Waals surface area contributed by atoms with Crippen molar-refractivity contribution in [3.8, 4) is 0 Å². The summed E-state index contributed by atoms with van der Waals surface area (Å²) in [6.07, 6.45) is 1.97. The van der Waals surface area contributed by atoms with Gasteiger partial charge < -0.3 is 15.4 Å². The molecule has 2 fully saturated rings. The van der Waals surface area contributed by atoms with E-state index in [1.165, 1.54) is 0 Å². The molecule has 0 saturated carbocycles. The number of carbonyl (C=O) groups excluding carboxylic acids is 2. The number of ether oxygens (including phenoxy) is 1. The summed E-state index contributed by atoms with van der Waals surface area (Å²) in [7, 11) is 0. The first-order valence-corrected chi connectivity index (χ1v) is 7.40. The van der Waals surface area contributed by atoms with Gasteiger partial charge in [0.2, 0.25) is 11.8 Å². The van der Waals surface area contributed by atoms with E-state index in [4.69, 9.17) is 10.5 Å². The summed E-state index contributed by atoms with van der Waals surface area (Å²) in [6.45, 7) is 7.23. The second-order valence-electron chi connectivity index (χ2n) is 6.03. The molecule has 2 heterocycles. The summed E-state index contributed by atoms with van der Waals surface area (Å²) in [5, 5.41) is 0. The molecule has 20 heavy (non-hydrogen) atoms. The zero-order valence-electron chi connectivity index (χ0n) is 12.4. The topological polar surface area (TPSA) is 75.9 Å². The second kappa shape index (κ2) is 6.54. The van der Waals surface area contributed by atoms with E-state index < -0.39 is 0 Å². The SMILES string of the molecule is C[C@@H]1CN(CC(=O)N2CCC[C@H](C(N)=O)C2)C[C@H](C)O1. The van der Waals surface area contributed by atoms with E-state index in [2.05, 4.69) is 4.90 Å². The highest BCUT2D eigenvalue weighted by Gasteiger charge is 2.29. The molecule has 2 aliphatic rings.